The fourth-order valence-corrected chi connectivity index (χ4v) is 5.22. The van der Waals surface area contributed by atoms with Crippen LogP contribution in [0.2, 0.25) is 0 Å². The Kier molecular flexibility index (Phi) is 6.30. The van der Waals surface area contributed by atoms with Crippen LogP contribution >= 0.6 is 0 Å². The number of aromatic nitrogens is 3. The van der Waals surface area contributed by atoms with E-state index in [-0.39, 0.29) is 22.9 Å². The first-order valence-electron chi connectivity index (χ1n) is 12.5. The Morgan fingerprint density at radius 3 is 2.47 bits per heavy atom. The normalized spacial score (nSPS) is 14.9. The van der Waals surface area contributed by atoms with Crippen LogP contribution < -0.4 is 11.2 Å². The second-order valence-corrected chi connectivity index (χ2v) is 10.2. The molecular weight excluding hydrogens is 456 g/mol. The number of rotatable bonds is 5. The van der Waals surface area contributed by atoms with E-state index in [1.165, 1.54) is 7.05 Å². The molecule has 0 spiro atoms. The van der Waals surface area contributed by atoms with Crippen molar-refractivity contribution >= 4 is 27.6 Å². The highest BCUT2D eigenvalue weighted by Gasteiger charge is 2.29. The van der Waals surface area contributed by atoms with E-state index < -0.39 is 11.7 Å². The highest BCUT2D eigenvalue weighted by Crippen LogP contribution is 2.25. The summed E-state index contributed by atoms with van der Waals surface area (Å²) in [6.45, 7) is 5.70. The summed E-state index contributed by atoms with van der Waals surface area (Å²) in [7, 11) is 1.47. The van der Waals surface area contributed by atoms with E-state index in [0.717, 1.165) is 20.9 Å². The van der Waals surface area contributed by atoms with Gasteiger partial charge in [0.2, 0.25) is 0 Å². The molecule has 0 atom stereocenters. The number of hydrogen-bond acceptors (Lipinski definition) is 4. The SMILES string of the molecule is CC(C)Cn1c(=O)n(C)c(=O)c2c(C(=O)N3CCC(O)CC3)n(Cc3cccc4ccccc34)cc21. The predicted octanol–water partition coefficient (Wildman–Crippen LogP) is 2.96. The Balaban J connectivity index is 1.75. The van der Waals surface area contributed by atoms with Crippen LogP contribution in [-0.4, -0.2) is 48.8 Å². The largest absolute Gasteiger partial charge is 0.393 e. The third kappa shape index (κ3) is 4.15. The molecule has 1 amide bonds. The summed E-state index contributed by atoms with van der Waals surface area (Å²) in [6, 6.07) is 14.1. The topological polar surface area (TPSA) is 89.5 Å². The van der Waals surface area contributed by atoms with E-state index in [9.17, 15) is 19.5 Å². The lowest BCUT2D eigenvalue weighted by Crippen LogP contribution is -2.42. The molecule has 36 heavy (non-hydrogen) atoms. The number of fused-ring (bicyclic) bond motifs is 2. The second kappa shape index (κ2) is 9.43. The van der Waals surface area contributed by atoms with Crippen molar-refractivity contribution in [2.75, 3.05) is 13.1 Å². The smallest absolute Gasteiger partial charge is 0.331 e. The van der Waals surface area contributed by atoms with Gasteiger partial charge in [-0.3, -0.25) is 18.7 Å². The lowest BCUT2D eigenvalue weighted by molar-refractivity contribution is 0.0539. The predicted molar refractivity (Wildman–Crippen MR) is 140 cm³/mol. The van der Waals surface area contributed by atoms with Crippen LogP contribution in [0.5, 0.6) is 0 Å². The van der Waals surface area contributed by atoms with E-state index >= 15 is 0 Å². The summed E-state index contributed by atoms with van der Waals surface area (Å²) in [6.07, 6.45) is 2.37. The molecule has 0 bridgehead atoms. The fourth-order valence-electron chi connectivity index (χ4n) is 5.22. The maximum Gasteiger partial charge on any atom is 0.331 e. The fraction of sp³-hybridized carbons (Fsp3) is 0.393. The van der Waals surface area contributed by atoms with Crippen molar-refractivity contribution in [3.63, 3.8) is 0 Å². The van der Waals surface area contributed by atoms with Crippen molar-refractivity contribution in [3.8, 4) is 0 Å². The Morgan fingerprint density at radius 1 is 1.06 bits per heavy atom. The lowest BCUT2D eigenvalue weighted by atomic mass is 10.0. The van der Waals surface area contributed by atoms with Crippen LogP contribution in [0.15, 0.2) is 58.3 Å². The van der Waals surface area contributed by atoms with E-state index in [0.29, 0.717) is 50.2 Å². The summed E-state index contributed by atoms with van der Waals surface area (Å²) >= 11 is 0. The Labute approximate surface area is 209 Å². The molecule has 2 aromatic carbocycles. The maximum absolute atomic E-state index is 13.9. The zero-order valence-corrected chi connectivity index (χ0v) is 21.0. The van der Waals surface area contributed by atoms with Crippen LogP contribution in [-0.2, 0) is 20.1 Å². The number of aliphatic hydroxyl groups excluding tert-OH is 1. The minimum absolute atomic E-state index is 0.174. The van der Waals surface area contributed by atoms with Gasteiger partial charge < -0.3 is 14.6 Å². The zero-order valence-electron chi connectivity index (χ0n) is 21.0. The first-order chi connectivity index (χ1) is 17.3. The molecule has 0 radical (unpaired) electrons. The van der Waals surface area contributed by atoms with Crippen molar-refractivity contribution in [1.29, 1.82) is 0 Å². The van der Waals surface area contributed by atoms with Crippen molar-refractivity contribution in [2.45, 2.75) is 45.9 Å². The molecule has 188 valence electrons. The summed E-state index contributed by atoms with van der Waals surface area (Å²) in [5, 5.41) is 12.4. The average Bonchev–Trinajstić information content (AvgIpc) is 3.24. The molecule has 3 heterocycles. The molecule has 1 aliphatic heterocycles. The first-order valence-corrected chi connectivity index (χ1v) is 12.5. The molecule has 0 unspecified atom stereocenters. The van der Waals surface area contributed by atoms with E-state index in [2.05, 4.69) is 6.07 Å². The molecule has 1 aliphatic rings. The quantitative estimate of drug-likeness (QED) is 0.468. The third-order valence-corrected chi connectivity index (χ3v) is 7.11. The molecule has 8 heteroatoms. The number of carbonyl (C=O) groups is 1. The average molecular weight is 489 g/mol. The molecule has 5 rings (SSSR count). The van der Waals surface area contributed by atoms with Crippen molar-refractivity contribution in [2.24, 2.45) is 13.0 Å². The van der Waals surface area contributed by atoms with Gasteiger partial charge in [-0.1, -0.05) is 56.3 Å². The van der Waals surface area contributed by atoms with Crippen molar-refractivity contribution in [3.05, 3.63) is 80.8 Å². The number of benzene rings is 2. The number of piperidine rings is 1. The van der Waals surface area contributed by atoms with Crippen LogP contribution in [0.3, 0.4) is 0 Å². The van der Waals surface area contributed by atoms with Gasteiger partial charge in [-0.15, -0.1) is 0 Å². The van der Waals surface area contributed by atoms with Gasteiger partial charge in [-0.05, 0) is 35.1 Å². The second-order valence-electron chi connectivity index (χ2n) is 10.2. The van der Waals surface area contributed by atoms with Gasteiger partial charge in [0.1, 0.15) is 5.69 Å². The number of hydrogen-bond donors (Lipinski definition) is 1. The monoisotopic (exact) mass is 488 g/mol. The van der Waals surface area contributed by atoms with Gasteiger partial charge >= 0.3 is 5.69 Å². The van der Waals surface area contributed by atoms with E-state index in [1.54, 1.807) is 15.7 Å². The summed E-state index contributed by atoms with van der Waals surface area (Å²) in [5.74, 6) is -0.0727. The van der Waals surface area contributed by atoms with Gasteiger partial charge in [0.05, 0.1) is 17.0 Å². The minimum atomic E-state index is -0.466. The Bertz CT molecular complexity index is 1560. The molecular formula is C28H32N4O4. The van der Waals surface area contributed by atoms with Crippen LogP contribution in [0, 0.1) is 5.92 Å². The standard InChI is InChI=1S/C28H32N4O4/c1-18(2)15-32-23-17-31(16-20-9-6-8-19-7-4-5-10-22(19)20)25(24(23)26(34)29(3)28(32)36)27(35)30-13-11-21(33)12-14-30/h4-10,17-18,21,33H,11-16H2,1-3H3. The number of likely N-dealkylation sites (tertiary alicyclic amines) is 1. The molecule has 8 nitrogen and oxygen atoms in total. The molecule has 1 N–H and O–H groups in total. The number of carbonyl (C=O) groups excluding carboxylic acids is 1. The van der Waals surface area contributed by atoms with Crippen molar-refractivity contribution < 1.29 is 9.90 Å². The molecule has 2 aromatic heterocycles. The van der Waals surface area contributed by atoms with E-state index in [4.69, 9.17) is 0 Å². The van der Waals surface area contributed by atoms with Gasteiger partial charge in [-0.25, -0.2) is 4.79 Å². The third-order valence-electron chi connectivity index (χ3n) is 7.11. The molecule has 4 aromatic rings. The molecule has 1 saturated heterocycles. The summed E-state index contributed by atoms with van der Waals surface area (Å²) < 4.78 is 4.54. The van der Waals surface area contributed by atoms with E-state index in [1.807, 2.05) is 54.8 Å². The Morgan fingerprint density at radius 2 is 1.75 bits per heavy atom. The number of amides is 1. The van der Waals surface area contributed by atoms with Gasteiger partial charge in [0, 0.05) is 39.4 Å². The Hall–Kier alpha value is -3.65. The molecule has 1 fully saturated rings. The highest BCUT2D eigenvalue weighted by molar-refractivity contribution is 6.05. The number of aliphatic hydroxyl groups is 1. The summed E-state index contributed by atoms with van der Waals surface area (Å²) in [5.41, 5.74) is 0.951. The van der Waals surface area contributed by atoms with Crippen LogP contribution in [0.25, 0.3) is 21.7 Å². The zero-order chi connectivity index (χ0) is 25.6. The highest BCUT2D eigenvalue weighted by atomic mass is 16.3. The van der Waals surface area contributed by atoms with Crippen LogP contribution in [0.1, 0.15) is 42.7 Å². The van der Waals surface area contributed by atoms with Crippen LogP contribution in [0.4, 0.5) is 0 Å². The minimum Gasteiger partial charge on any atom is -0.393 e. The summed E-state index contributed by atoms with van der Waals surface area (Å²) in [4.78, 5) is 42.2. The molecule has 0 saturated carbocycles. The van der Waals surface area contributed by atoms with Crippen molar-refractivity contribution in [1.82, 2.24) is 18.6 Å². The van der Waals surface area contributed by atoms with Gasteiger partial charge in [0.25, 0.3) is 11.5 Å². The van der Waals surface area contributed by atoms with Gasteiger partial charge in [-0.2, -0.15) is 0 Å². The molecule has 0 aliphatic carbocycles. The lowest BCUT2D eigenvalue weighted by Gasteiger charge is -2.30. The first kappa shape index (κ1) is 24.1. The number of nitrogens with zero attached hydrogens (tertiary/aromatic N) is 4. The van der Waals surface area contributed by atoms with Gasteiger partial charge in [0.15, 0.2) is 0 Å². The maximum atomic E-state index is 13.9.